The van der Waals surface area contributed by atoms with Crippen LogP contribution in [0.5, 0.6) is 0 Å². The Hall–Kier alpha value is -2.81. The van der Waals surface area contributed by atoms with Crippen LogP contribution in [0.2, 0.25) is 0 Å². The number of carbonyl (C=O) groups is 2. The first-order chi connectivity index (χ1) is 13.1. The molecule has 0 spiro atoms. The van der Waals surface area contributed by atoms with E-state index in [-0.39, 0.29) is 23.4 Å². The fourth-order valence-corrected chi connectivity index (χ4v) is 4.12. The number of nitrogens with one attached hydrogen (secondary N) is 1. The van der Waals surface area contributed by atoms with E-state index in [4.69, 9.17) is 0 Å². The van der Waals surface area contributed by atoms with Gasteiger partial charge in [0.1, 0.15) is 17.2 Å². The van der Waals surface area contributed by atoms with Crippen molar-refractivity contribution < 1.29 is 26.8 Å². The van der Waals surface area contributed by atoms with Crippen molar-refractivity contribution in [1.82, 2.24) is 9.62 Å². The zero-order valence-electron chi connectivity index (χ0n) is 15.0. The Kier molecular flexibility index (Phi) is 5.20. The number of halogens is 2. The van der Waals surface area contributed by atoms with Crippen molar-refractivity contribution in [2.75, 3.05) is 6.54 Å². The van der Waals surface area contributed by atoms with Crippen molar-refractivity contribution in [3.8, 4) is 0 Å². The van der Waals surface area contributed by atoms with Crippen LogP contribution in [0.4, 0.5) is 8.78 Å². The number of hydrogen-bond acceptors (Lipinski definition) is 4. The monoisotopic (exact) mass is 408 g/mol. The van der Waals surface area contributed by atoms with E-state index in [9.17, 15) is 26.8 Å². The zero-order chi connectivity index (χ0) is 20.5. The lowest BCUT2D eigenvalue weighted by Gasteiger charge is -2.49. The summed E-state index contributed by atoms with van der Waals surface area (Å²) in [6.07, 6.45) is -0.182. The zero-order valence-corrected chi connectivity index (χ0v) is 15.8. The Morgan fingerprint density at radius 1 is 1.14 bits per heavy atom. The maximum absolute atomic E-state index is 13.8. The van der Waals surface area contributed by atoms with Crippen LogP contribution in [0.15, 0.2) is 53.4 Å². The minimum atomic E-state index is -4.09. The number of carbonyl (C=O) groups excluding carboxylic acids is 2. The molecule has 3 rings (SSSR count). The second-order valence-electron chi connectivity index (χ2n) is 6.73. The Morgan fingerprint density at radius 2 is 1.82 bits per heavy atom. The molecule has 0 bridgehead atoms. The summed E-state index contributed by atoms with van der Waals surface area (Å²) in [4.78, 5) is 26.2. The van der Waals surface area contributed by atoms with E-state index in [0.717, 1.165) is 18.2 Å². The van der Waals surface area contributed by atoms with Gasteiger partial charge in [-0.2, -0.15) is 0 Å². The quantitative estimate of drug-likeness (QED) is 0.820. The molecule has 0 aromatic heterocycles. The van der Waals surface area contributed by atoms with Gasteiger partial charge in [0.15, 0.2) is 0 Å². The van der Waals surface area contributed by atoms with Crippen molar-refractivity contribution in [1.29, 1.82) is 0 Å². The molecular weight excluding hydrogens is 390 g/mol. The van der Waals surface area contributed by atoms with E-state index in [1.54, 1.807) is 6.07 Å². The Morgan fingerprint density at radius 3 is 2.43 bits per heavy atom. The Balaban J connectivity index is 1.74. The minimum absolute atomic E-state index is 0.0778. The van der Waals surface area contributed by atoms with Gasteiger partial charge in [0, 0.05) is 12.1 Å². The van der Waals surface area contributed by atoms with Gasteiger partial charge in [-0.25, -0.2) is 21.9 Å². The number of rotatable bonds is 5. The van der Waals surface area contributed by atoms with Gasteiger partial charge in [0.2, 0.25) is 5.91 Å². The van der Waals surface area contributed by atoms with Gasteiger partial charge in [-0.3, -0.25) is 9.59 Å². The molecule has 2 aromatic carbocycles. The van der Waals surface area contributed by atoms with Crippen LogP contribution in [0.25, 0.3) is 0 Å². The van der Waals surface area contributed by atoms with Crippen LogP contribution in [0.3, 0.4) is 0 Å². The first-order valence-electron chi connectivity index (χ1n) is 8.50. The Bertz CT molecular complexity index is 1030. The lowest BCUT2D eigenvalue weighted by Crippen LogP contribution is -2.68. The highest BCUT2D eigenvalue weighted by Crippen LogP contribution is 2.32. The predicted molar refractivity (Wildman–Crippen MR) is 96.6 cm³/mol. The van der Waals surface area contributed by atoms with Gasteiger partial charge in [-0.05, 0) is 43.7 Å². The molecule has 0 saturated carbocycles. The number of hydrogen-bond donors (Lipinski definition) is 1. The summed E-state index contributed by atoms with van der Waals surface area (Å²) < 4.78 is 53.8. The van der Waals surface area contributed by atoms with Crippen molar-refractivity contribution in [2.45, 2.75) is 30.2 Å². The summed E-state index contributed by atoms with van der Waals surface area (Å²) in [5.74, 6) is -2.85. The standard InChI is InChI=1S/C19H18F2N2O4S/c1-19(18(25)22-28(26,27)15-5-3-2-4-6-15)9-10-23(19)17(24)12-13-11-14(20)7-8-16(13)21/h2-8,11H,9-10,12H2,1H3,(H,22,25). The summed E-state index contributed by atoms with van der Waals surface area (Å²) >= 11 is 0. The first-order valence-corrected chi connectivity index (χ1v) is 9.98. The van der Waals surface area contributed by atoms with Gasteiger partial charge in [0.05, 0.1) is 11.3 Å². The normalized spacial score (nSPS) is 19.0. The third-order valence-corrected chi connectivity index (χ3v) is 6.19. The highest BCUT2D eigenvalue weighted by Gasteiger charge is 2.50. The van der Waals surface area contributed by atoms with Crippen LogP contribution in [0, 0.1) is 11.6 Å². The maximum Gasteiger partial charge on any atom is 0.264 e. The molecule has 1 aliphatic rings. The van der Waals surface area contributed by atoms with E-state index in [2.05, 4.69) is 0 Å². The molecular formula is C19H18F2N2O4S. The van der Waals surface area contributed by atoms with Gasteiger partial charge in [-0.15, -0.1) is 0 Å². The molecule has 1 aliphatic heterocycles. The average molecular weight is 408 g/mol. The summed E-state index contributed by atoms with van der Waals surface area (Å²) in [6.45, 7) is 1.65. The van der Waals surface area contributed by atoms with E-state index in [0.29, 0.717) is 0 Å². The summed E-state index contributed by atoms with van der Waals surface area (Å²) in [7, 11) is -4.09. The number of likely N-dealkylation sites (tertiary alicyclic amines) is 1. The lowest BCUT2D eigenvalue weighted by atomic mass is 9.85. The summed E-state index contributed by atoms with van der Waals surface area (Å²) in [5.41, 5.74) is -1.51. The minimum Gasteiger partial charge on any atom is -0.328 e. The van der Waals surface area contributed by atoms with Crippen LogP contribution in [-0.2, 0) is 26.0 Å². The van der Waals surface area contributed by atoms with Crippen molar-refractivity contribution in [2.24, 2.45) is 0 Å². The van der Waals surface area contributed by atoms with E-state index < -0.39 is 45.4 Å². The molecule has 1 unspecified atom stereocenters. The molecule has 148 valence electrons. The van der Waals surface area contributed by atoms with E-state index in [1.807, 2.05) is 4.72 Å². The molecule has 0 aliphatic carbocycles. The van der Waals surface area contributed by atoms with Gasteiger partial charge in [0.25, 0.3) is 15.9 Å². The summed E-state index contributed by atoms with van der Waals surface area (Å²) in [6, 6.07) is 10.2. The highest BCUT2D eigenvalue weighted by atomic mass is 32.2. The third kappa shape index (κ3) is 3.75. The predicted octanol–water partition coefficient (Wildman–Crippen LogP) is 2.00. The van der Waals surface area contributed by atoms with E-state index in [1.165, 1.54) is 36.1 Å². The van der Waals surface area contributed by atoms with Gasteiger partial charge >= 0.3 is 0 Å². The summed E-state index contributed by atoms with van der Waals surface area (Å²) in [5, 5.41) is 0. The molecule has 1 N–H and O–H groups in total. The molecule has 1 fully saturated rings. The van der Waals surface area contributed by atoms with Crippen LogP contribution >= 0.6 is 0 Å². The number of amides is 2. The lowest BCUT2D eigenvalue weighted by molar-refractivity contribution is -0.156. The third-order valence-electron chi connectivity index (χ3n) is 4.84. The largest absolute Gasteiger partial charge is 0.328 e. The fraction of sp³-hybridized carbons (Fsp3) is 0.263. The number of nitrogens with zero attached hydrogens (tertiary/aromatic N) is 1. The van der Waals surface area contributed by atoms with Crippen LogP contribution in [0.1, 0.15) is 18.9 Å². The van der Waals surface area contributed by atoms with E-state index >= 15 is 0 Å². The molecule has 1 saturated heterocycles. The van der Waals surface area contributed by atoms with Gasteiger partial charge < -0.3 is 4.90 Å². The molecule has 6 nitrogen and oxygen atoms in total. The molecule has 1 heterocycles. The first kappa shape index (κ1) is 19.9. The van der Waals surface area contributed by atoms with Crippen molar-refractivity contribution in [3.63, 3.8) is 0 Å². The molecule has 2 amide bonds. The molecule has 2 aromatic rings. The van der Waals surface area contributed by atoms with Crippen LogP contribution < -0.4 is 4.72 Å². The van der Waals surface area contributed by atoms with Crippen LogP contribution in [-0.4, -0.2) is 37.2 Å². The second kappa shape index (κ2) is 7.31. The molecule has 9 heteroatoms. The van der Waals surface area contributed by atoms with Crippen molar-refractivity contribution in [3.05, 3.63) is 65.7 Å². The Labute approximate surface area is 161 Å². The van der Waals surface area contributed by atoms with Crippen molar-refractivity contribution >= 4 is 21.8 Å². The highest BCUT2D eigenvalue weighted by molar-refractivity contribution is 7.90. The maximum atomic E-state index is 13.8. The SMILES string of the molecule is CC1(C(=O)NS(=O)(=O)c2ccccc2)CCN1C(=O)Cc1cc(F)ccc1F. The second-order valence-corrected chi connectivity index (χ2v) is 8.41. The number of benzene rings is 2. The van der Waals surface area contributed by atoms with Gasteiger partial charge in [-0.1, -0.05) is 18.2 Å². The number of sulfonamides is 1. The average Bonchev–Trinajstić information content (AvgIpc) is 2.63. The fourth-order valence-electron chi connectivity index (χ4n) is 3.02. The molecule has 0 radical (unpaired) electrons. The topological polar surface area (TPSA) is 83.6 Å². The smallest absolute Gasteiger partial charge is 0.264 e. The molecule has 28 heavy (non-hydrogen) atoms. The molecule has 1 atom stereocenters.